The van der Waals surface area contributed by atoms with Gasteiger partial charge in [0.1, 0.15) is 17.5 Å². The SMILES string of the molecule is CC(C)(C)OC(=O)N1CCCC2(CC(=O)OC2CS(=O)(=O)F)C1. The molecule has 1 amide bonds. The van der Waals surface area contributed by atoms with Gasteiger partial charge in [0.15, 0.2) is 0 Å². The topological polar surface area (TPSA) is 90.0 Å². The van der Waals surface area contributed by atoms with Crippen LogP contribution in [0.15, 0.2) is 0 Å². The molecule has 0 aliphatic carbocycles. The molecular formula is C14H22FNO6S. The standard InChI is InChI=1S/C14H22FNO6S/c1-13(2,3)22-12(18)16-6-4-5-14(9-16)7-11(17)21-10(14)8-23(15,19)20/h10H,4-9H2,1-3H3. The summed E-state index contributed by atoms with van der Waals surface area (Å²) >= 11 is 0. The van der Waals surface area contributed by atoms with E-state index in [0.717, 1.165) is 0 Å². The first kappa shape index (κ1) is 18.0. The molecule has 132 valence electrons. The number of hydrogen-bond acceptors (Lipinski definition) is 6. The summed E-state index contributed by atoms with van der Waals surface area (Å²) in [5.41, 5.74) is -1.53. The lowest BCUT2D eigenvalue weighted by molar-refractivity contribution is -0.141. The summed E-state index contributed by atoms with van der Waals surface area (Å²) in [5, 5.41) is 0. The third-order valence-electron chi connectivity index (χ3n) is 4.06. The van der Waals surface area contributed by atoms with Crippen LogP contribution in [0.2, 0.25) is 0 Å². The van der Waals surface area contributed by atoms with Crippen molar-refractivity contribution < 1.29 is 31.4 Å². The lowest BCUT2D eigenvalue weighted by atomic mass is 9.75. The minimum absolute atomic E-state index is 0.0213. The van der Waals surface area contributed by atoms with Crippen LogP contribution in [-0.4, -0.2) is 55.9 Å². The number of piperidine rings is 1. The molecular weight excluding hydrogens is 329 g/mol. The van der Waals surface area contributed by atoms with Gasteiger partial charge in [-0.05, 0) is 33.6 Å². The van der Waals surface area contributed by atoms with E-state index in [1.165, 1.54) is 4.90 Å². The lowest BCUT2D eigenvalue weighted by Gasteiger charge is -2.41. The van der Waals surface area contributed by atoms with Crippen molar-refractivity contribution in [2.24, 2.45) is 5.41 Å². The Morgan fingerprint density at radius 3 is 2.70 bits per heavy atom. The fourth-order valence-electron chi connectivity index (χ4n) is 3.17. The average molecular weight is 351 g/mol. The van der Waals surface area contributed by atoms with Gasteiger partial charge in [-0.15, -0.1) is 3.89 Å². The quantitative estimate of drug-likeness (QED) is 0.555. The Labute approximate surface area is 135 Å². The number of cyclic esters (lactones) is 1. The fraction of sp³-hybridized carbons (Fsp3) is 0.857. The molecule has 7 nitrogen and oxygen atoms in total. The summed E-state index contributed by atoms with van der Waals surface area (Å²) in [5.74, 6) is -1.44. The molecule has 2 heterocycles. The molecule has 9 heteroatoms. The zero-order chi connectivity index (χ0) is 17.5. The second-order valence-corrected chi connectivity index (χ2v) is 8.64. The highest BCUT2D eigenvalue weighted by atomic mass is 32.3. The van der Waals surface area contributed by atoms with Crippen LogP contribution < -0.4 is 0 Å². The summed E-state index contributed by atoms with van der Waals surface area (Å²) in [6.45, 7) is 5.79. The molecule has 0 N–H and O–H groups in total. The first-order valence-corrected chi connectivity index (χ1v) is 9.05. The highest BCUT2D eigenvalue weighted by Crippen LogP contribution is 2.44. The maximum atomic E-state index is 13.1. The van der Waals surface area contributed by atoms with Gasteiger partial charge >= 0.3 is 22.3 Å². The Morgan fingerprint density at radius 1 is 1.48 bits per heavy atom. The van der Waals surface area contributed by atoms with E-state index in [0.29, 0.717) is 19.4 Å². The molecule has 0 saturated carbocycles. The number of rotatable bonds is 2. The zero-order valence-corrected chi connectivity index (χ0v) is 14.3. The van der Waals surface area contributed by atoms with Crippen LogP contribution in [0.4, 0.5) is 8.68 Å². The van der Waals surface area contributed by atoms with Gasteiger partial charge < -0.3 is 14.4 Å². The number of carbonyl (C=O) groups is 2. The molecule has 2 aliphatic heterocycles. The van der Waals surface area contributed by atoms with Crippen LogP contribution in [0.25, 0.3) is 0 Å². The number of esters is 1. The van der Waals surface area contributed by atoms with Crippen molar-refractivity contribution in [2.45, 2.75) is 51.7 Å². The normalized spacial score (nSPS) is 28.8. The Bertz CT molecular complexity index is 599. The van der Waals surface area contributed by atoms with Crippen LogP contribution >= 0.6 is 0 Å². The van der Waals surface area contributed by atoms with Gasteiger partial charge in [0.2, 0.25) is 0 Å². The summed E-state index contributed by atoms with van der Waals surface area (Å²) in [4.78, 5) is 25.3. The highest BCUT2D eigenvalue weighted by molar-refractivity contribution is 7.86. The van der Waals surface area contributed by atoms with E-state index in [-0.39, 0.29) is 13.0 Å². The maximum absolute atomic E-state index is 13.1. The number of hydrogen-bond donors (Lipinski definition) is 0. The van der Waals surface area contributed by atoms with Crippen molar-refractivity contribution in [3.63, 3.8) is 0 Å². The number of carbonyl (C=O) groups excluding carboxylic acids is 2. The molecule has 0 radical (unpaired) electrons. The summed E-state index contributed by atoms with van der Waals surface area (Å²) < 4.78 is 45.3. The predicted molar refractivity (Wildman–Crippen MR) is 78.9 cm³/mol. The van der Waals surface area contributed by atoms with E-state index in [1.54, 1.807) is 20.8 Å². The van der Waals surface area contributed by atoms with E-state index in [4.69, 9.17) is 9.47 Å². The van der Waals surface area contributed by atoms with Gasteiger partial charge in [-0.25, -0.2) is 4.79 Å². The number of halogens is 1. The van der Waals surface area contributed by atoms with Gasteiger partial charge in [-0.3, -0.25) is 4.79 Å². The highest BCUT2D eigenvalue weighted by Gasteiger charge is 2.53. The Balaban J connectivity index is 2.16. The maximum Gasteiger partial charge on any atom is 0.410 e. The van der Waals surface area contributed by atoms with E-state index in [1.807, 2.05) is 0 Å². The van der Waals surface area contributed by atoms with Gasteiger partial charge in [0.05, 0.1) is 6.42 Å². The smallest absolute Gasteiger partial charge is 0.410 e. The van der Waals surface area contributed by atoms with Crippen molar-refractivity contribution in [3.8, 4) is 0 Å². The van der Waals surface area contributed by atoms with E-state index in [2.05, 4.69) is 0 Å². The Kier molecular flexibility index (Phi) is 4.62. The molecule has 2 atom stereocenters. The number of likely N-dealkylation sites (tertiary alicyclic amines) is 1. The first-order chi connectivity index (χ1) is 10.4. The Hall–Kier alpha value is -1.38. The molecule has 23 heavy (non-hydrogen) atoms. The monoisotopic (exact) mass is 351 g/mol. The minimum Gasteiger partial charge on any atom is -0.460 e. The fourth-order valence-corrected chi connectivity index (χ4v) is 3.95. The minimum atomic E-state index is -4.78. The second kappa shape index (κ2) is 5.92. The molecule has 0 aromatic rings. The summed E-state index contributed by atoms with van der Waals surface area (Å²) in [6.07, 6.45) is -0.559. The van der Waals surface area contributed by atoms with Crippen LogP contribution in [0.1, 0.15) is 40.0 Å². The second-order valence-electron chi connectivity index (χ2n) is 7.23. The van der Waals surface area contributed by atoms with E-state index in [9.17, 15) is 21.9 Å². The van der Waals surface area contributed by atoms with Crippen molar-refractivity contribution in [2.75, 3.05) is 18.8 Å². The molecule has 0 bridgehead atoms. The number of nitrogens with zero attached hydrogens (tertiary/aromatic N) is 1. The molecule has 2 saturated heterocycles. The number of amides is 1. The predicted octanol–water partition coefficient (Wildman–Crippen LogP) is 1.62. The molecule has 0 aromatic carbocycles. The van der Waals surface area contributed by atoms with Crippen molar-refractivity contribution in [3.05, 3.63) is 0 Å². The third kappa shape index (κ3) is 4.55. The number of ether oxygens (including phenoxy) is 2. The summed E-state index contributed by atoms with van der Waals surface area (Å²) in [7, 11) is -4.78. The molecule has 2 fully saturated rings. The van der Waals surface area contributed by atoms with E-state index < -0.39 is 45.2 Å². The van der Waals surface area contributed by atoms with Crippen molar-refractivity contribution >= 4 is 22.3 Å². The van der Waals surface area contributed by atoms with Gasteiger partial charge in [-0.1, -0.05) is 0 Å². The van der Waals surface area contributed by atoms with Crippen LogP contribution in [0.3, 0.4) is 0 Å². The van der Waals surface area contributed by atoms with Crippen molar-refractivity contribution in [1.82, 2.24) is 4.90 Å². The van der Waals surface area contributed by atoms with Crippen molar-refractivity contribution in [1.29, 1.82) is 0 Å². The lowest BCUT2D eigenvalue weighted by Crippen LogP contribution is -2.52. The van der Waals surface area contributed by atoms with Gasteiger partial charge in [-0.2, -0.15) is 8.42 Å². The molecule has 0 aromatic heterocycles. The average Bonchev–Trinajstić information content (AvgIpc) is 2.60. The summed E-state index contributed by atoms with van der Waals surface area (Å²) in [6, 6.07) is 0. The first-order valence-electron chi connectivity index (χ1n) is 7.50. The van der Waals surface area contributed by atoms with Crippen LogP contribution in [-0.2, 0) is 24.5 Å². The van der Waals surface area contributed by atoms with Crippen LogP contribution in [0.5, 0.6) is 0 Å². The van der Waals surface area contributed by atoms with Gasteiger partial charge in [0.25, 0.3) is 0 Å². The third-order valence-corrected chi connectivity index (χ3v) is 4.76. The van der Waals surface area contributed by atoms with Gasteiger partial charge in [0, 0.05) is 18.5 Å². The molecule has 2 unspecified atom stereocenters. The van der Waals surface area contributed by atoms with Crippen LogP contribution in [0, 0.1) is 5.41 Å². The molecule has 1 spiro atoms. The zero-order valence-electron chi connectivity index (χ0n) is 13.5. The molecule has 2 rings (SSSR count). The molecule has 2 aliphatic rings. The largest absolute Gasteiger partial charge is 0.460 e. The van der Waals surface area contributed by atoms with E-state index >= 15 is 0 Å². The Morgan fingerprint density at radius 2 is 2.13 bits per heavy atom.